The lowest BCUT2D eigenvalue weighted by molar-refractivity contribution is 0.0768. The third-order valence-electron chi connectivity index (χ3n) is 4.49. The van der Waals surface area contributed by atoms with Gasteiger partial charge in [0.25, 0.3) is 5.91 Å². The van der Waals surface area contributed by atoms with Gasteiger partial charge in [0, 0.05) is 39.8 Å². The predicted molar refractivity (Wildman–Crippen MR) is 108 cm³/mol. The van der Waals surface area contributed by atoms with E-state index in [1.165, 1.54) is 11.7 Å². The average Bonchev–Trinajstić information content (AvgIpc) is 3.28. The van der Waals surface area contributed by atoms with Crippen LogP contribution < -0.4 is 4.90 Å². The number of nitrogens with zero attached hydrogens (tertiary/aromatic N) is 7. The van der Waals surface area contributed by atoms with Crippen LogP contribution in [0.5, 0.6) is 0 Å². The summed E-state index contributed by atoms with van der Waals surface area (Å²) < 4.78 is 0. The van der Waals surface area contributed by atoms with Gasteiger partial charge in [-0.25, -0.2) is 9.97 Å². The molecular weight excluding hydrogens is 370 g/mol. The fourth-order valence-corrected chi connectivity index (χ4v) is 2.84. The van der Waals surface area contributed by atoms with Crippen molar-refractivity contribution in [2.24, 2.45) is 0 Å². The molecule has 3 aromatic rings. The summed E-state index contributed by atoms with van der Waals surface area (Å²) in [6.45, 7) is 4.93. The molecule has 2 aromatic heterocycles. The number of hydrogen-bond acceptors (Lipinski definition) is 7. The number of anilines is 1. The molecule has 1 amide bonds. The van der Waals surface area contributed by atoms with Crippen molar-refractivity contribution in [2.75, 3.05) is 31.6 Å². The van der Waals surface area contributed by atoms with Gasteiger partial charge >= 0.3 is 0 Å². The molecule has 0 unspecified atom stereocenters. The smallest absolute Gasteiger partial charge is 0.256 e. The number of carbonyl (C=O) groups excluding carboxylic acids is 2. The summed E-state index contributed by atoms with van der Waals surface area (Å²) in [7, 11) is 1.83. The molecule has 3 rings (SSSR count). The molecule has 0 atom stereocenters. The van der Waals surface area contributed by atoms with E-state index in [0.29, 0.717) is 42.5 Å². The fourth-order valence-electron chi connectivity index (χ4n) is 2.84. The summed E-state index contributed by atoms with van der Waals surface area (Å²) in [5, 5.41) is 8.27. The zero-order valence-electron chi connectivity index (χ0n) is 16.7. The van der Waals surface area contributed by atoms with Crippen LogP contribution in [0.1, 0.15) is 34.7 Å². The van der Waals surface area contributed by atoms with E-state index < -0.39 is 0 Å². The van der Waals surface area contributed by atoms with Crippen molar-refractivity contribution in [3.05, 3.63) is 60.2 Å². The molecule has 29 heavy (non-hydrogen) atoms. The van der Waals surface area contributed by atoms with E-state index in [1.807, 2.05) is 37.1 Å². The van der Waals surface area contributed by atoms with Crippen LogP contribution >= 0.6 is 0 Å². The highest BCUT2D eigenvalue weighted by molar-refractivity contribution is 5.97. The second-order valence-corrected chi connectivity index (χ2v) is 6.44. The normalized spacial score (nSPS) is 10.6. The van der Waals surface area contributed by atoms with Crippen LogP contribution in [0.3, 0.4) is 0 Å². The maximum absolute atomic E-state index is 13.1. The lowest BCUT2D eigenvalue weighted by atomic mass is 10.1. The van der Waals surface area contributed by atoms with Crippen molar-refractivity contribution >= 4 is 17.6 Å². The molecule has 0 saturated heterocycles. The maximum atomic E-state index is 13.1. The fraction of sp³-hybridized carbons (Fsp3) is 0.300. The highest BCUT2D eigenvalue weighted by Gasteiger charge is 2.20. The molecular formula is C20H23N7O2. The number of para-hydroxylation sites is 1. The van der Waals surface area contributed by atoms with Gasteiger partial charge in [0.15, 0.2) is 5.78 Å². The van der Waals surface area contributed by atoms with E-state index in [2.05, 4.69) is 20.2 Å². The van der Waals surface area contributed by atoms with E-state index >= 15 is 0 Å². The van der Waals surface area contributed by atoms with Crippen LogP contribution in [0, 0.1) is 0 Å². The molecule has 0 radical (unpaired) electrons. The lowest BCUT2D eigenvalue weighted by Crippen LogP contribution is -2.38. The largest absolute Gasteiger partial charge is 0.342 e. The Morgan fingerprint density at radius 2 is 1.76 bits per heavy atom. The maximum Gasteiger partial charge on any atom is 0.256 e. The van der Waals surface area contributed by atoms with Crippen LogP contribution in [-0.4, -0.2) is 68.2 Å². The Labute approximate surface area is 169 Å². The molecule has 2 heterocycles. The summed E-state index contributed by atoms with van der Waals surface area (Å²) in [5.41, 5.74) is 1.53. The van der Waals surface area contributed by atoms with Gasteiger partial charge in [0.2, 0.25) is 5.95 Å². The highest BCUT2D eigenvalue weighted by Crippen LogP contribution is 2.15. The van der Waals surface area contributed by atoms with E-state index in [4.69, 9.17) is 0 Å². The molecule has 9 nitrogen and oxygen atoms in total. The topological polar surface area (TPSA) is 97.1 Å². The van der Waals surface area contributed by atoms with E-state index in [1.54, 1.807) is 35.6 Å². The summed E-state index contributed by atoms with van der Waals surface area (Å²) in [5.74, 6) is 0.228. The third kappa shape index (κ3) is 4.63. The molecule has 0 spiro atoms. The third-order valence-corrected chi connectivity index (χ3v) is 4.49. The molecule has 0 saturated carbocycles. The first-order chi connectivity index (χ1) is 14.0. The highest BCUT2D eigenvalue weighted by atomic mass is 16.2. The van der Waals surface area contributed by atoms with Crippen molar-refractivity contribution in [1.82, 2.24) is 29.9 Å². The standard InChI is InChI=1S/C20H23N7O2/c1-4-26(14-13-25(3)20-21-10-9-17(24-20)15(2)28)19(29)16-7-5-6-8-18(16)27-22-11-12-23-27/h5-12H,4,13-14H2,1-3H3. The number of aromatic nitrogens is 5. The first kappa shape index (κ1) is 20.1. The molecule has 0 aliphatic rings. The first-order valence-corrected chi connectivity index (χ1v) is 9.31. The Hall–Kier alpha value is -3.62. The zero-order valence-corrected chi connectivity index (χ0v) is 16.7. The predicted octanol–water partition coefficient (Wildman–Crippen LogP) is 1.86. The van der Waals surface area contributed by atoms with Gasteiger partial charge in [-0.1, -0.05) is 12.1 Å². The lowest BCUT2D eigenvalue weighted by Gasteiger charge is -2.25. The molecule has 0 N–H and O–H groups in total. The number of carbonyl (C=O) groups is 2. The first-order valence-electron chi connectivity index (χ1n) is 9.31. The van der Waals surface area contributed by atoms with Gasteiger partial charge in [-0.15, -0.1) is 0 Å². The molecule has 0 fully saturated rings. The van der Waals surface area contributed by atoms with Crippen LogP contribution in [0.2, 0.25) is 0 Å². The zero-order chi connectivity index (χ0) is 20.8. The minimum absolute atomic E-state index is 0.104. The van der Waals surface area contributed by atoms with Gasteiger partial charge in [0.1, 0.15) is 5.69 Å². The van der Waals surface area contributed by atoms with Crippen LogP contribution in [0.25, 0.3) is 5.69 Å². The Bertz CT molecular complexity index is 988. The van der Waals surface area contributed by atoms with Gasteiger partial charge in [-0.05, 0) is 25.1 Å². The van der Waals surface area contributed by atoms with Gasteiger partial charge in [0.05, 0.1) is 23.6 Å². The van der Waals surface area contributed by atoms with Crippen LogP contribution in [0.4, 0.5) is 5.95 Å². The van der Waals surface area contributed by atoms with E-state index in [-0.39, 0.29) is 11.7 Å². The molecule has 150 valence electrons. The van der Waals surface area contributed by atoms with Crippen molar-refractivity contribution in [2.45, 2.75) is 13.8 Å². The van der Waals surface area contributed by atoms with Gasteiger partial charge in [-0.2, -0.15) is 15.0 Å². The molecule has 1 aromatic carbocycles. The van der Waals surface area contributed by atoms with Crippen molar-refractivity contribution < 1.29 is 9.59 Å². The summed E-state index contributed by atoms with van der Waals surface area (Å²) in [6, 6.07) is 8.84. The Morgan fingerprint density at radius 1 is 1.03 bits per heavy atom. The molecule has 0 bridgehead atoms. The Morgan fingerprint density at radius 3 is 2.45 bits per heavy atom. The van der Waals surface area contributed by atoms with Crippen molar-refractivity contribution in [1.29, 1.82) is 0 Å². The second kappa shape index (κ2) is 9.05. The van der Waals surface area contributed by atoms with Crippen LogP contribution in [-0.2, 0) is 0 Å². The average molecular weight is 393 g/mol. The minimum atomic E-state index is -0.115. The van der Waals surface area contributed by atoms with Crippen LogP contribution in [0.15, 0.2) is 48.9 Å². The number of amides is 1. The number of likely N-dealkylation sites (N-methyl/N-ethyl adjacent to an activating group) is 2. The number of hydrogen-bond donors (Lipinski definition) is 0. The quantitative estimate of drug-likeness (QED) is 0.539. The summed E-state index contributed by atoms with van der Waals surface area (Å²) in [6.07, 6.45) is 4.71. The molecule has 9 heteroatoms. The summed E-state index contributed by atoms with van der Waals surface area (Å²) >= 11 is 0. The van der Waals surface area contributed by atoms with Gasteiger partial charge < -0.3 is 9.80 Å². The Balaban J connectivity index is 1.73. The van der Waals surface area contributed by atoms with Gasteiger partial charge in [-0.3, -0.25) is 9.59 Å². The monoisotopic (exact) mass is 393 g/mol. The Kier molecular flexibility index (Phi) is 6.28. The molecule has 0 aliphatic heterocycles. The number of benzene rings is 1. The van der Waals surface area contributed by atoms with E-state index in [9.17, 15) is 9.59 Å². The summed E-state index contributed by atoms with van der Waals surface area (Å²) in [4.78, 5) is 38.2. The number of Topliss-reactive ketones (excluding diaryl/α,β-unsaturated/α-hetero) is 1. The number of rotatable bonds is 8. The van der Waals surface area contributed by atoms with E-state index in [0.717, 1.165) is 0 Å². The van der Waals surface area contributed by atoms with Crippen molar-refractivity contribution in [3.63, 3.8) is 0 Å². The van der Waals surface area contributed by atoms with Crippen molar-refractivity contribution in [3.8, 4) is 5.69 Å². The number of ketones is 1. The SMILES string of the molecule is CCN(CCN(C)c1nccc(C(C)=O)n1)C(=O)c1ccccc1-n1nccn1. The minimum Gasteiger partial charge on any atom is -0.342 e. The second-order valence-electron chi connectivity index (χ2n) is 6.44. The molecule has 0 aliphatic carbocycles.